The molecule has 5 rings (SSSR count). The van der Waals surface area contributed by atoms with E-state index in [9.17, 15) is 23.9 Å². The van der Waals surface area contributed by atoms with Crippen LogP contribution in [-0.2, 0) is 18.7 Å². The standard InChI is InChI=1S/C13H12F2N6O.C12H17NO2/c14-10-1-2-11(12(15)3-10)13(22,4-20-8-16-6-18-20)5-21-9-17-7-19-21;1-9-7-11(13(15)12(14)8-9)10-5-3-2-4-6-10/h1-3,6-9,22H,4-5H2;7-8,10,15H,2-6H2,1H3. The van der Waals surface area contributed by atoms with E-state index in [1.165, 1.54) is 66.1 Å². The van der Waals surface area contributed by atoms with Gasteiger partial charge in [-0.25, -0.2) is 28.1 Å². The molecule has 0 aliphatic heterocycles. The van der Waals surface area contributed by atoms with Gasteiger partial charge in [-0.05, 0) is 37.5 Å². The summed E-state index contributed by atoms with van der Waals surface area (Å²) in [4.78, 5) is 19.0. The first-order chi connectivity index (χ1) is 17.7. The van der Waals surface area contributed by atoms with Crippen LogP contribution < -0.4 is 5.56 Å². The van der Waals surface area contributed by atoms with Gasteiger partial charge in [0.15, 0.2) is 0 Å². The van der Waals surface area contributed by atoms with E-state index in [1.807, 2.05) is 13.0 Å². The Bertz CT molecular complexity index is 1320. The SMILES string of the molecule is Cc1cc(C2CCCCC2)n(O)c(=O)c1.OC(Cn1cncn1)(Cn1cncn1)c1ccc(F)cc1F. The molecule has 196 valence electrons. The normalized spacial score (nSPS) is 14.3. The van der Waals surface area contributed by atoms with Crippen molar-refractivity contribution in [3.63, 3.8) is 0 Å². The Morgan fingerprint density at radius 3 is 2.14 bits per heavy atom. The number of hydrogen-bond donors (Lipinski definition) is 2. The monoisotopic (exact) mass is 513 g/mol. The zero-order valence-corrected chi connectivity index (χ0v) is 20.4. The highest BCUT2D eigenvalue weighted by Gasteiger charge is 2.34. The molecule has 0 radical (unpaired) electrons. The summed E-state index contributed by atoms with van der Waals surface area (Å²) in [6.45, 7) is 1.75. The van der Waals surface area contributed by atoms with Crippen LogP contribution in [0.4, 0.5) is 8.78 Å². The Labute approximate surface area is 211 Å². The molecule has 0 unspecified atom stereocenters. The van der Waals surface area contributed by atoms with E-state index in [2.05, 4.69) is 20.2 Å². The second-order valence-corrected chi connectivity index (χ2v) is 9.28. The maximum absolute atomic E-state index is 14.1. The third-order valence-electron chi connectivity index (χ3n) is 6.42. The van der Waals surface area contributed by atoms with Gasteiger partial charge >= 0.3 is 0 Å². The number of aryl methyl sites for hydroxylation is 1. The molecule has 1 saturated carbocycles. The van der Waals surface area contributed by atoms with Crippen LogP contribution in [-0.4, -0.2) is 44.6 Å². The zero-order valence-electron chi connectivity index (χ0n) is 20.4. The molecule has 1 aromatic carbocycles. The van der Waals surface area contributed by atoms with Crippen molar-refractivity contribution in [1.29, 1.82) is 0 Å². The van der Waals surface area contributed by atoms with Gasteiger partial charge in [0.05, 0.1) is 18.8 Å². The highest BCUT2D eigenvalue weighted by Crippen LogP contribution is 2.32. The minimum atomic E-state index is -1.70. The predicted octanol–water partition coefficient (Wildman–Crippen LogP) is 3.18. The lowest BCUT2D eigenvalue weighted by Crippen LogP contribution is -2.37. The van der Waals surface area contributed by atoms with E-state index in [0.29, 0.717) is 5.92 Å². The average molecular weight is 514 g/mol. The molecule has 0 bridgehead atoms. The third-order valence-corrected chi connectivity index (χ3v) is 6.42. The van der Waals surface area contributed by atoms with Gasteiger partial charge in [-0.1, -0.05) is 25.3 Å². The summed E-state index contributed by atoms with van der Waals surface area (Å²) in [7, 11) is 0. The van der Waals surface area contributed by atoms with Crippen LogP contribution >= 0.6 is 0 Å². The molecule has 1 aliphatic rings. The number of nitrogens with zero attached hydrogens (tertiary/aromatic N) is 7. The Balaban J connectivity index is 0.000000186. The van der Waals surface area contributed by atoms with Crippen molar-refractivity contribution in [2.45, 2.75) is 63.6 Å². The lowest BCUT2D eigenvalue weighted by Gasteiger charge is -2.28. The van der Waals surface area contributed by atoms with Crippen LogP contribution in [0, 0.1) is 18.6 Å². The van der Waals surface area contributed by atoms with Crippen molar-refractivity contribution >= 4 is 0 Å². The molecule has 0 saturated heterocycles. The van der Waals surface area contributed by atoms with Crippen LogP contribution in [0.5, 0.6) is 0 Å². The Kier molecular flexibility index (Phi) is 8.07. The third kappa shape index (κ3) is 6.45. The molecule has 2 N–H and O–H groups in total. The summed E-state index contributed by atoms with van der Waals surface area (Å²) in [5.74, 6) is -1.20. The summed E-state index contributed by atoms with van der Waals surface area (Å²) in [6.07, 6.45) is 11.2. The summed E-state index contributed by atoms with van der Waals surface area (Å²) in [5.41, 5.74) is -0.333. The molecule has 1 aliphatic carbocycles. The summed E-state index contributed by atoms with van der Waals surface area (Å²) in [5, 5.41) is 28.5. The largest absolute Gasteiger partial charge is 0.425 e. The van der Waals surface area contributed by atoms with Gasteiger partial charge < -0.3 is 10.3 Å². The molecular formula is C25H29F2N7O3. The molecular weight excluding hydrogens is 484 g/mol. The fraction of sp³-hybridized carbons (Fsp3) is 0.400. The van der Waals surface area contributed by atoms with E-state index < -0.39 is 17.2 Å². The van der Waals surface area contributed by atoms with Crippen molar-refractivity contribution < 1.29 is 19.1 Å². The zero-order chi connectivity index (χ0) is 26.4. The fourth-order valence-corrected chi connectivity index (χ4v) is 4.66. The Morgan fingerprint density at radius 1 is 0.973 bits per heavy atom. The molecule has 0 spiro atoms. The molecule has 37 heavy (non-hydrogen) atoms. The lowest BCUT2D eigenvalue weighted by atomic mass is 9.86. The number of aliphatic hydroxyl groups is 1. The number of benzene rings is 1. The lowest BCUT2D eigenvalue weighted by molar-refractivity contribution is -0.00856. The van der Waals surface area contributed by atoms with Crippen LogP contribution in [0.25, 0.3) is 0 Å². The van der Waals surface area contributed by atoms with E-state index in [1.54, 1.807) is 0 Å². The second-order valence-electron chi connectivity index (χ2n) is 9.28. The predicted molar refractivity (Wildman–Crippen MR) is 129 cm³/mol. The maximum Gasteiger partial charge on any atom is 0.283 e. The molecule has 4 aromatic rings. The van der Waals surface area contributed by atoms with Crippen LogP contribution in [0.3, 0.4) is 0 Å². The highest BCUT2D eigenvalue weighted by molar-refractivity contribution is 5.25. The van der Waals surface area contributed by atoms with Gasteiger partial charge in [0, 0.05) is 23.6 Å². The number of rotatable bonds is 6. The van der Waals surface area contributed by atoms with Gasteiger partial charge in [-0.2, -0.15) is 14.9 Å². The molecule has 1 fully saturated rings. The minimum absolute atomic E-state index is 0.0556. The number of aromatic nitrogens is 7. The van der Waals surface area contributed by atoms with Crippen molar-refractivity contribution in [2.75, 3.05) is 0 Å². The molecule has 0 atom stereocenters. The molecule has 0 amide bonds. The first-order valence-electron chi connectivity index (χ1n) is 12.0. The maximum atomic E-state index is 14.1. The summed E-state index contributed by atoms with van der Waals surface area (Å²) < 4.78 is 30.8. The number of hydrogen-bond acceptors (Lipinski definition) is 7. The summed E-state index contributed by atoms with van der Waals surface area (Å²) in [6, 6.07) is 6.41. The van der Waals surface area contributed by atoms with Gasteiger partial charge in [0.1, 0.15) is 42.5 Å². The first-order valence-corrected chi connectivity index (χ1v) is 12.0. The van der Waals surface area contributed by atoms with E-state index in [0.717, 1.165) is 41.0 Å². The average Bonchev–Trinajstić information content (AvgIpc) is 3.56. The Morgan fingerprint density at radius 2 is 1.59 bits per heavy atom. The fourth-order valence-electron chi connectivity index (χ4n) is 4.66. The number of halogens is 2. The number of pyridine rings is 1. The smallest absolute Gasteiger partial charge is 0.283 e. The van der Waals surface area contributed by atoms with Gasteiger partial charge in [0.25, 0.3) is 5.56 Å². The van der Waals surface area contributed by atoms with E-state index in [-0.39, 0.29) is 24.2 Å². The topological polar surface area (TPSA) is 124 Å². The van der Waals surface area contributed by atoms with Gasteiger partial charge in [-0.3, -0.25) is 4.79 Å². The van der Waals surface area contributed by atoms with Gasteiger partial charge in [0.2, 0.25) is 0 Å². The van der Waals surface area contributed by atoms with Crippen molar-refractivity contribution in [1.82, 2.24) is 34.3 Å². The Hall–Kier alpha value is -3.93. The highest BCUT2D eigenvalue weighted by atomic mass is 19.1. The van der Waals surface area contributed by atoms with Gasteiger partial charge in [-0.15, -0.1) is 0 Å². The summed E-state index contributed by atoms with van der Waals surface area (Å²) >= 11 is 0. The quantitative estimate of drug-likeness (QED) is 0.380. The van der Waals surface area contributed by atoms with Crippen molar-refractivity contribution in [3.05, 3.63) is 94.5 Å². The van der Waals surface area contributed by atoms with E-state index >= 15 is 0 Å². The van der Waals surface area contributed by atoms with Crippen LogP contribution in [0.2, 0.25) is 0 Å². The molecule has 12 heteroatoms. The molecule has 10 nitrogen and oxygen atoms in total. The van der Waals surface area contributed by atoms with Crippen LogP contribution in [0.15, 0.2) is 60.4 Å². The molecule has 3 heterocycles. The van der Waals surface area contributed by atoms with Crippen LogP contribution in [0.1, 0.15) is 54.8 Å². The van der Waals surface area contributed by atoms with Crippen molar-refractivity contribution in [3.8, 4) is 0 Å². The van der Waals surface area contributed by atoms with E-state index in [4.69, 9.17) is 0 Å². The first kappa shape index (κ1) is 26.1. The van der Waals surface area contributed by atoms with Crippen molar-refractivity contribution in [2.24, 2.45) is 0 Å². The second kappa shape index (κ2) is 11.4. The molecule has 3 aromatic heterocycles. The minimum Gasteiger partial charge on any atom is -0.425 e.